The lowest BCUT2D eigenvalue weighted by Crippen LogP contribution is -2.29. The van der Waals surface area contributed by atoms with Crippen LogP contribution in [0.1, 0.15) is 25.8 Å². The Morgan fingerprint density at radius 3 is 2.62 bits per heavy atom. The highest BCUT2D eigenvalue weighted by Crippen LogP contribution is 2.22. The molecule has 1 heterocycles. The van der Waals surface area contributed by atoms with Crippen molar-refractivity contribution in [2.24, 2.45) is 5.92 Å². The first-order valence-electron chi connectivity index (χ1n) is 7.31. The largest absolute Gasteiger partial charge is 0.497 e. The Balaban J connectivity index is 2.02. The van der Waals surface area contributed by atoms with Gasteiger partial charge in [-0.05, 0) is 43.5 Å². The van der Waals surface area contributed by atoms with E-state index in [-0.39, 0.29) is 17.9 Å². The number of rotatable bonds is 4. The molecule has 114 valence electrons. The molecule has 1 fully saturated rings. The second-order valence-corrected chi connectivity index (χ2v) is 5.63. The van der Waals surface area contributed by atoms with E-state index in [0.717, 1.165) is 29.9 Å². The molecule has 1 aromatic carbocycles. The van der Waals surface area contributed by atoms with E-state index in [0.29, 0.717) is 6.54 Å². The summed E-state index contributed by atoms with van der Waals surface area (Å²) in [6.45, 7) is 5.09. The zero-order chi connectivity index (χ0) is 15.4. The fraction of sp³-hybridized carbons (Fsp3) is 0.471. The molecular formula is C17H23NO3. The van der Waals surface area contributed by atoms with Crippen molar-refractivity contribution in [2.75, 3.05) is 20.2 Å². The van der Waals surface area contributed by atoms with Gasteiger partial charge in [0.2, 0.25) is 5.91 Å². The number of nitrogens with zero attached hydrogens (tertiary/aromatic N) is 1. The van der Waals surface area contributed by atoms with Crippen LogP contribution in [-0.2, 0) is 4.79 Å². The van der Waals surface area contributed by atoms with E-state index < -0.39 is 0 Å². The van der Waals surface area contributed by atoms with E-state index in [4.69, 9.17) is 4.74 Å². The Bertz CT molecular complexity index is 519. The SMILES string of the molecule is COc1ccc(/C(C)=C/C(=O)N2CCC(C(C)O)C2)cc1. The maximum absolute atomic E-state index is 12.3. The zero-order valence-electron chi connectivity index (χ0n) is 12.9. The van der Waals surface area contributed by atoms with Gasteiger partial charge in [0.25, 0.3) is 0 Å². The molecule has 1 N–H and O–H groups in total. The Kier molecular flexibility index (Phi) is 5.02. The van der Waals surface area contributed by atoms with E-state index >= 15 is 0 Å². The minimum atomic E-state index is -0.352. The molecule has 0 aliphatic carbocycles. The highest BCUT2D eigenvalue weighted by atomic mass is 16.5. The lowest BCUT2D eigenvalue weighted by atomic mass is 10.0. The van der Waals surface area contributed by atoms with Gasteiger partial charge < -0.3 is 14.7 Å². The van der Waals surface area contributed by atoms with Crippen LogP contribution in [0.4, 0.5) is 0 Å². The molecule has 4 heteroatoms. The molecule has 1 aromatic rings. The van der Waals surface area contributed by atoms with E-state index in [1.54, 1.807) is 20.1 Å². The first kappa shape index (κ1) is 15.6. The van der Waals surface area contributed by atoms with Crippen molar-refractivity contribution < 1.29 is 14.6 Å². The lowest BCUT2D eigenvalue weighted by molar-refractivity contribution is -0.125. The van der Waals surface area contributed by atoms with Crippen LogP contribution in [0.3, 0.4) is 0 Å². The summed E-state index contributed by atoms with van der Waals surface area (Å²) in [6, 6.07) is 7.66. The molecule has 2 unspecified atom stereocenters. The summed E-state index contributed by atoms with van der Waals surface area (Å²) >= 11 is 0. The summed E-state index contributed by atoms with van der Waals surface area (Å²) in [6.07, 6.45) is 2.19. The minimum Gasteiger partial charge on any atom is -0.497 e. The van der Waals surface area contributed by atoms with Gasteiger partial charge in [-0.1, -0.05) is 12.1 Å². The van der Waals surface area contributed by atoms with Crippen LogP contribution in [0.15, 0.2) is 30.3 Å². The maximum Gasteiger partial charge on any atom is 0.246 e. The number of likely N-dealkylation sites (tertiary alicyclic amines) is 1. The van der Waals surface area contributed by atoms with Gasteiger partial charge in [-0.3, -0.25) is 4.79 Å². The number of carbonyl (C=O) groups excluding carboxylic acids is 1. The smallest absolute Gasteiger partial charge is 0.246 e. The number of ether oxygens (including phenoxy) is 1. The normalized spacial score (nSPS) is 20.5. The van der Waals surface area contributed by atoms with Crippen molar-refractivity contribution in [3.63, 3.8) is 0 Å². The average molecular weight is 289 g/mol. The van der Waals surface area contributed by atoms with Crippen LogP contribution in [0.2, 0.25) is 0 Å². The Labute approximate surface area is 126 Å². The van der Waals surface area contributed by atoms with Crippen LogP contribution in [0.25, 0.3) is 5.57 Å². The third kappa shape index (κ3) is 3.85. The van der Waals surface area contributed by atoms with Gasteiger partial charge >= 0.3 is 0 Å². The number of aliphatic hydroxyl groups is 1. The average Bonchev–Trinajstić information content (AvgIpc) is 2.97. The summed E-state index contributed by atoms with van der Waals surface area (Å²) in [5, 5.41) is 9.60. The number of amides is 1. The molecule has 0 saturated carbocycles. The molecule has 2 rings (SSSR count). The molecule has 0 radical (unpaired) electrons. The van der Waals surface area contributed by atoms with Crippen molar-refractivity contribution in [3.05, 3.63) is 35.9 Å². The van der Waals surface area contributed by atoms with Gasteiger partial charge in [-0.2, -0.15) is 0 Å². The number of hydrogen-bond acceptors (Lipinski definition) is 3. The van der Waals surface area contributed by atoms with Crippen LogP contribution in [-0.4, -0.2) is 42.2 Å². The minimum absolute atomic E-state index is 0.0199. The van der Waals surface area contributed by atoms with Gasteiger partial charge in [0.1, 0.15) is 5.75 Å². The predicted molar refractivity (Wildman–Crippen MR) is 83.0 cm³/mol. The number of allylic oxidation sites excluding steroid dienone is 1. The van der Waals surface area contributed by atoms with E-state index in [1.807, 2.05) is 36.1 Å². The van der Waals surface area contributed by atoms with Crippen LogP contribution < -0.4 is 4.74 Å². The van der Waals surface area contributed by atoms with Crippen LogP contribution >= 0.6 is 0 Å². The molecule has 0 bridgehead atoms. The molecule has 4 nitrogen and oxygen atoms in total. The number of methoxy groups -OCH3 is 1. The standard InChI is InChI=1S/C17H23NO3/c1-12(14-4-6-16(21-3)7-5-14)10-17(20)18-9-8-15(11-18)13(2)19/h4-7,10,13,15,19H,8-9,11H2,1-3H3/b12-10+. The molecule has 1 aliphatic rings. The maximum atomic E-state index is 12.3. The molecule has 1 aliphatic heterocycles. The molecule has 2 atom stereocenters. The Morgan fingerprint density at radius 1 is 1.43 bits per heavy atom. The Morgan fingerprint density at radius 2 is 2.10 bits per heavy atom. The monoisotopic (exact) mass is 289 g/mol. The molecule has 0 aromatic heterocycles. The topological polar surface area (TPSA) is 49.8 Å². The van der Waals surface area contributed by atoms with Crippen LogP contribution in [0.5, 0.6) is 5.75 Å². The molecule has 0 spiro atoms. The van der Waals surface area contributed by atoms with E-state index in [1.165, 1.54) is 0 Å². The summed E-state index contributed by atoms with van der Waals surface area (Å²) in [4.78, 5) is 14.1. The molecule has 21 heavy (non-hydrogen) atoms. The lowest BCUT2D eigenvalue weighted by Gasteiger charge is -2.16. The molecular weight excluding hydrogens is 266 g/mol. The fourth-order valence-electron chi connectivity index (χ4n) is 2.59. The zero-order valence-corrected chi connectivity index (χ0v) is 12.9. The highest BCUT2D eigenvalue weighted by molar-refractivity contribution is 5.95. The van der Waals surface area contributed by atoms with Gasteiger partial charge in [0.15, 0.2) is 0 Å². The summed E-state index contributed by atoms with van der Waals surface area (Å²) in [5.74, 6) is 1.02. The molecule has 1 saturated heterocycles. The van der Waals surface area contributed by atoms with Gasteiger partial charge in [-0.25, -0.2) is 0 Å². The molecule has 1 amide bonds. The summed E-state index contributed by atoms with van der Waals surface area (Å²) < 4.78 is 5.13. The number of hydrogen-bond donors (Lipinski definition) is 1. The van der Waals surface area contributed by atoms with Gasteiger partial charge in [0, 0.05) is 25.1 Å². The van der Waals surface area contributed by atoms with Crippen molar-refractivity contribution in [2.45, 2.75) is 26.4 Å². The highest BCUT2D eigenvalue weighted by Gasteiger charge is 2.28. The van der Waals surface area contributed by atoms with E-state index in [2.05, 4.69) is 0 Å². The first-order chi connectivity index (χ1) is 10.0. The fourth-order valence-corrected chi connectivity index (χ4v) is 2.59. The van der Waals surface area contributed by atoms with Crippen molar-refractivity contribution in [1.29, 1.82) is 0 Å². The second kappa shape index (κ2) is 6.76. The van der Waals surface area contributed by atoms with Crippen molar-refractivity contribution in [1.82, 2.24) is 4.90 Å². The van der Waals surface area contributed by atoms with Crippen LogP contribution in [0, 0.1) is 5.92 Å². The third-order valence-electron chi connectivity index (χ3n) is 4.10. The number of benzene rings is 1. The third-order valence-corrected chi connectivity index (χ3v) is 4.10. The number of aliphatic hydroxyl groups excluding tert-OH is 1. The quantitative estimate of drug-likeness (QED) is 0.866. The van der Waals surface area contributed by atoms with E-state index in [9.17, 15) is 9.90 Å². The summed E-state index contributed by atoms with van der Waals surface area (Å²) in [7, 11) is 1.63. The Hall–Kier alpha value is -1.81. The number of carbonyl (C=O) groups is 1. The van der Waals surface area contributed by atoms with Crippen molar-refractivity contribution >= 4 is 11.5 Å². The first-order valence-corrected chi connectivity index (χ1v) is 7.31. The van der Waals surface area contributed by atoms with Gasteiger partial charge in [0.05, 0.1) is 13.2 Å². The predicted octanol–water partition coefficient (Wildman–Crippen LogP) is 2.33. The van der Waals surface area contributed by atoms with Crippen molar-refractivity contribution in [3.8, 4) is 5.75 Å². The second-order valence-electron chi connectivity index (χ2n) is 5.63. The summed E-state index contributed by atoms with van der Waals surface area (Å²) in [5.41, 5.74) is 1.94. The van der Waals surface area contributed by atoms with Gasteiger partial charge in [-0.15, -0.1) is 0 Å².